The number of aromatic amines is 1. The van der Waals surface area contributed by atoms with Crippen molar-refractivity contribution in [1.29, 1.82) is 0 Å². The maximum absolute atomic E-state index is 14.6. The molecule has 1 aromatic carbocycles. The minimum absolute atomic E-state index is 0.298. The second-order valence-corrected chi connectivity index (χ2v) is 10.2. The molecule has 5 rings (SSSR count). The van der Waals surface area contributed by atoms with Crippen LogP contribution in [0.15, 0.2) is 60.0 Å². The lowest BCUT2D eigenvalue weighted by Crippen LogP contribution is -2.30. The molecular weight excluding hydrogens is 503 g/mol. The van der Waals surface area contributed by atoms with Crippen LogP contribution in [0.2, 0.25) is 0 Å². The highest BCUT2D eigenvalue weighted by atomic mass is 19.1. The van der Waals surface area contributed by atoms with Gasteiger partial charge in [0.1, 0.15) is 17.3 Å². The van der Waals surface area contributed by atoms with Gasteiger partial charge in [0, 0.05) is 48.1 Å². The predicted molar refractivity (Wildman–Crippen MR) is 161 cm³/mol. The Balaban J connectivity index is 1.39. The molecule has 0 saturated carbocycles. The number of H-pyrrole nitrogens is 1. The van der Waals surface area contributed by atoms with Crippen LogP contribution in [-0.4, -0.2) is 58.1 Å². The average Bonchev–Trinajstić information content (AvgIpc) is 3.30. The van der Waals surface area contributed by atoms with Crippen molar-refractivity contribution in [3.05, 3.63) is 93.8 Å². The maximum atomic E-state index is 14.6. The normalized spacial score (nSPS) is 13.7. The zero-order valence-corrected chi connectivity index (χ0v) is 23.2. The number of pyridine rings is 2. The van der Waals surface area contributed by atoms with E-state index in [1.165, 1.54) is 12.1 Å². The summed E-state index contributed by atoms with van der Waals surface area (Å²) in [5.74, 6) is 0.963. The van der Waals surface area contributed by atoms with E-state index in [4.69, 9.17) is 4.99 Å². The minimum Gasteiger partial charge on any atom is -0.384 e. The number of aryl methyl sites for hydroxylation is 1. The Morgan fingerprint density at radius 3 is 2.85 bits per heavy atom. The van der Waals surface area contributed by atoms with E-state index in [-0.39, 0.29) is 5.82 Å². The molecule has 0 bridgehead atoms. The van der Waals surface area contributed by atoms with Crippen molar-refractivity contribution in [2.45, 2.75) is 20.4 Å². The Morgan fingerprint density at radius 2 is 2.05 bits per heavy atom. The molecule has 0 aliphatic carbocycles. The summed E-state index contributed by atoms with van der Waals surface area (Å²) < 4.78 is 14.6. The van der Waals surface area contributed by atoms with E-state index in [0.29, 0.717) is 30.4 Å². The number of anilines is 2. The zero-order chi connectivity index (χ0) is 28.2. The van der Waals surface area contributed by atoms with Crippen molar-refractivity contribution in [2.24, 2.45) is 4.99 Å². The Bertz CT molecular complexity index is 1720. The molecule has 40 heavy (non-hydrogen) atoms. The summed E-state index contributed by atoms with van der Waals surface area (Å²) in [7, 11) is 4.01. The van der Waals surface area contributed by atoms with Gasteiger partial charge in [-0.3, -0.25) is 15.1 Å². The van der Waals surface area contributed by atoms with Gasteiger partial charge in [-0.2, -0.15) is 5.10 Å². The quantitative estimate of drug-likeness (QED) is 0.316. The summed E-state index contributed by atoms with van der Waals surface area (Å²) >= 11 is 0. The van der Waals surface area contributed by atoms with Crippen molar-refractivity contribution in [1.82, 2.24) is 25.1 Å². The third-order valence-electron chi connectivity index (χ3n) is 6.74. The molecule has 0 amide bonds. The van der Waals surface area contributed by atoms with Crippen LogP contribution >= 0.6 is 0 Å². The molecule has 8 nitrogen and oxygen atoms in total. The van der Waals surface area contributed by atoms with Crippen LogP contribution in [0.3, 0.4) is 0 Å². The molecule has 1 aliphatic rings. The van der Waals surface area contributed by atoms with E-state index >= 15 is 0 Å². The first-order chi connectivity index (χ1) is 19.3. The number of nitrogens with one attached hydrogen (secondary N) is 3. The minimum atomic E-state index is -0.298. The standard InChI is InChI=1S/C31H33FN8/c1-19-12-23(17-33-16-19)20(2)6-7-28-21(3)29(39-38-28)31-36-18-27-26(8-9-35-30(27)37-31)22-13-24(32)15-25(14-22)34-10-11-40(4)5/h6-9,12-17,34,38H,3,10-11,18H2,1-2,4-5H3,(H,35,36,37)/b20-6+,28-7+. The average molecular weight is 537 g/mol. The Morgan fingerprint density at radius 1 is 1.20 bits per heavy atom. The van der Waals surface area contributed by atoms with E-state index < -0.39 is 0 Å². The van der Waals surface area contributed by atoms with Crippen LogP contribution in [-0.2, 0) is 6.54 Å². The second kappa shape index (κ2) is 11.6. The number of halogens is 1. The summed E-state index contributed by atoms with van der Waals surface area (Å²) in [6.45, 7) is 10.2. The Labute approximate surface area is 233 Å². The SMILES string of the molecule is C=c1c(C2=NCc3c(-c4cc(F)cc(NCCN(C)C)c4)ccnc3N2)n[nH]/c1=C/C=C(\C)c1cncc(C)c1. The largest absolute Gasteiger partial charge is 0.384 e. The van der Waals surface area contributed by atoms with Gasteiger partial charge in [0.15, 0.2) is 5.84 Å². The molecular formula is C31H33FN8. The van der Waals surface area contributed by atoms with Crippen LogP contribution in [0.1, 0.15) is 29.3 Å². The van der Waals surface area contributed by atoms with Gasteiger partial charge >= 0.3 is 0 Å². The molecule has 0 fully saturated rings. The summed E-state index contributed by atoms with van der Waals surface area (Å²) in [6.07, 6.45) is 9.38. The number of aromatic nitrogens is 4. The highest BCUT2D eigenvalue weighted by Crippen LogP contribution is 2.32. The highest BCUT2D eigenvalue weighted by molar-refractivity contribution is 6.08. The number of likely N-dealkylation sites (N-methyl/N-ethyl adjacent to an activating group) is 1. The number of aliphatic imine (C=N–C) groups is 1. The molecule has 0 spiro atoms. The number of hydrogen-bond acceptors (Lipinski definition) is 7. The fourth-order valence-corrected chi connectivity index (χ4v) is 4.53. The maximum Gasteiger partial charge on any atom is 0.155 e. The van der Waals surface area contributed by atoms with Crippen LogP contribution in [0, 0.1) is 12.7 Å². The topological polar surface area (TPSA) is 94.1 Å². The van der Waals surface area contributed by atoms with E-state index in [2.05, 4.69) is 48.3 Å². The molecule has 204 valence electrons. The molecule has 3 N–H and O–H groups in total. The van der Waals surface area contributed by atoms with E-state index in [1.54, 1.807) is 6.20 Å². The summed E-state index contributed by atoms with van der Waals surface area (Å²) in [5, 5.41) is 15.7. The number of benzene rings is 1. The second-order valence-electron chi connectivity index (χ2n) is 10.2. The van der Waals surface area contributed by atoms with Gasteiger partial charge in [-0.05, 0) is 92.2 Å². The molecule has 0 atom stereocenters. The monoisotopic (exact) mass is 536 g/mol. The molecule has 4 aromatic rings. The highest BCUT2D eigenvalue weighted by Gasteiger charge is 2.20. The van der Waals surface area contributed by atoms with Gasteiger partial charge in [0.25, 0.3) is 0 Å². The van der Waals surface area contributed by atoms with Gasteiger partial charge in [0.05, 0.1) is 11.9 Å². The predicted octanol–water partition coefficient (Wildman–Crippen LogP) is 3.95. The van der Waals surface area contributed by atoms with Gasteiger partial charge in [-0.1, -0.05) is 12.7 Å². The lowest BCUT2D eigenvalue weighted by molar-refractivity contribution is 0.425. The smallest absolute Gasteiger partial charge is 0.155 e. The molecule has 0 radical (unpaired) electrons. The first-order valence-corrected chi connectivity index (χ1v) is 13.1. The first-order valence-electron chi connectivity index (χ1n) is 13.1. The van der Waals surface area contributed by atoms with Crippen LogP contribution in [0.25, 0.3) is 29.4 Å². The molecule has 0 saturated heterocycles. The number of nitrogens with zero attached hydrogens (tertiary/aromatic N) is 5. The zero-order valence-electron chi connectivity index (χ0n) is 23.2. The summed E-state index contributed by atoms with van der Waals surface area (Å²) in [5.41, 5.74) is 7.17. The van der Waals surface area contributed by atoms with Crippen molar-refractivity contribution in [2.75, 3.05) is 37.8 Å². The number of fused-ring (bicyclic) bond motifs is 1. The third-order valence-corrected chi connectivity index (χ3v) is 6.74. The number of hydrogen-bond donors (Lipinski definition) is 3. The van der Waals surface area contributed by atoms with Gasteiger partial charge < -0.3 is 15.5 Å². The molecule has 1 aliphatic heterocycles. The lowest BCUT2D eigenvalue weighted by atomic mass is 9.99. The van der Waals surface area contributed by atoms with Crippen LogP contribution in [0.5, 0.6) is 0 Å². The fourth-order valence-electron chi connectivity index (χ4n) is 4.53. The third kappa shape index (κ3) is 6.00. The van der Waals surface area contributed by atoms with Crippen LogP contribution < -0.4 is 21.2 Å². The summed E-state index contributed by atoms with van der Waals surface area (Å²) in [4.78, 5) is 15.6. The fraction of sp³-hybridized carbons (Fsp3) is 0.226. The Kier molecular flexibility index (Phi) is 7.84. The molecule has 9 heteroatoms. The van der Waals surface area contributed by atoms with Crippen molar-refractivity contribution in [3.8, 4) is 11.1 Å². The van der Waals surface area contributed by atoms with Gasteiger partial charge in [0.2, 0.25) is 0 Å². The van der Waals surface area contributed by atoms with Gasteiger partial charge in [-0.15, -0.1) is 0 Å². The van der Waals surface area contributed by atoms with Crippen molar-refractivity contribution < 1.29 is 4.39 Å². The van der Waals surface area contributed by atoms with E-state index in [1.807, 2.05) is 64.6 Å². The van der Waals surface area contributed by atoms with E-state index in [9.17, 15) is 4.39 Å². The molecule has 0 unspecified atom stereocenters. The number of rotatable bonds is 8. The summed E-state index contributed by atoms with van der Waals surface area (Å²) in [6, 6.07) is 9.00. The van der Waals surface area contributed by atoms with Gasteiger partial charge in [-0.25, -0.2) is 9.37 Å². The Hall–Kier alpha value is -4.63. The van der Waals surface area contributed by atoms with Crippen molar-refractivity contribution >= 4 is 35.6 Å². The molecule has 3 aromatic heterocycles. The van der Waals surface area contributed by atoms with Crippen molar-refractivity contribution in [3.63, 3.8) is 0 Å². The lowest BCUT2D eigenvalue weighted by Gasteiger charge is -2.20. The van der Waals surface area contributed by atoms with Crippen LogP contribution in [0.4, 0.5) is 15.9 Å². The number of allylic oxidation sites excluding steroid dienone is 2. The first kappa shape index (κ1) is 27.0. The number of amidine groups is 1. The van der Waals surface area contributed by atoms with E-state index in [0.717, 1.165) is 56.2 Å². The molecule has 4 heterocycles.